The second kappa shape index (κ2) is 5.23. The Hall–Kier alpha value is -0.910. The number of aromatic nitrogens is 2. The van der Waals surface area contributed by atoms with E-state index in [0.29, 0.717) is 6.04 Å². The molecule has 1 saturated carbocycles. The summed E-state index contributed by atoms with van der Waals surface area (Å²) in [6.07, 6.45) is 5.00. The number of nitrogens with one attached hydrogen (secondary N) is 1. The molecule has 1 aliphatic heterocycles. The minimum Gasteiger partial charge on any atom is -0.374 e. The average Bonchev–Trinajstić information content (AvgIpc) is 3.12. The van der Waals surface area contributed by atoms with Gasteiger partial charge in [0.2, 0.25) is 0 Å². The molecule has 2 unspecified atom stereocenters. The van der Waals surface area contributed by atoms with Gasteiger partial charge in [0.1, 0.15) is 0 Å². The molecule has 0 aromatic carbocycles. The summed E-state index contributed by atoms with van der Waals surface area (Å²) in [6, 6.07) is 1.04. The molecule has 0 amide bonds. The maximum atomic E-state index is 6.02. The molecule has 5 heteroatoms. The van der Waals surface area contributed by atoms with E-state index in [1.54, 1.807) is 0 Å². The molecule has 2 aliphatic rings. The van der Waals surface area contributed by atoms with Crippen LogP contribution in [-0.2, 0) is 11.8 Å². The van der Waals surface area contributed by atoms with E-state index in [0.717, 1.165) is 31.4 Å². The first-order valence-electron chi connectivity index (χ1n) is 7.20. The third kappa shape index (κ3) is 2.83. The molecule has 106 valence electrons. The standard InChI is InChI=1S/C14H24N4O/c1-10-12(9-18(3)16-10)14-13(8-15-11-4-5-11)19-7-6-17(14)2/h9,11,13-15H,4-8H2,1-3H3. The van der Waals surface area contributed by atoms with Gasteiger partial charge in [-0.15, -0.1) is 0 Å². The highest BCUT2D eigenvalue weighted by Gasteiger charge is 2.34. The molecule has 1 aliphatic carbocycles. The fraction of sp³-hybridized carbons (Fsp3) is 0.786. The predicted octanol–water partition coefficient (Wildman–Crippen LogP) is 0.852. The van der Waals surface area contributed by atoms with Crippen LogP contribution in [0.1, 0.15) is 30.1 Å². The van der Waals surface area contributed by atoms with Crippen LogP contribution in [0.2, 0.25) is 0 Å². The SMILES string of the molecule is Cc1nn(C)cc1C1C(CNC2CC2)OCCN1C. The van der Waals surface area contributed by atoms with Gasteiger partial charge in [-0.1, -0.05) is 0 Å². The number of aryl methyl sites for hydroxylation is 2. The lowest BCUT2D eigenvalue weighted by atomic mass is 9.99. The molecule has 3 rings (SSSR count). The second-order valence-electron chi connectivity index (χ2n) is 5.86. The maximum Gasteiger partial charge on any atom is 0.0897 e. The smallest absolute Gasteiger partial charge is 0.0897 e. The highest BCUT2D eigenvalue weighted by atomic mass is 16.5. The van der Waals surface area contributed by atoms with Crippen LogP contribution in [0.3, 0.4) is 0 Å². The van der Waals surface area contributed by atoms with Gasteiger partial charge in [0, 0.05) is 37.9 Å². The Kier molecular flexibility index (Phi) is 3.60. The van der Waals surface area contributed by atoms with Crippen molar-refractivity contribution in [3.8, 4) is 0 Å². The van der Waals surface area contributed by atoms with Crippen LogP contribution in [0.15, 0.2) is 6.20 Å². The first-order chi connectivity index (χ1) is 9.15. The van der Waals surface area contributed by atoms with Crippen molar-refractivity contribution in [3.63, 3.8) is 0 Å². The van der Waals surface area contributed by atoms with E-state index in [4.69, 9.17) is 4.74 Å². The molecular formula is C14H24N4O. The van der Waals surface area contributed by atoms with E-state index in [-0.39, 0.29) is 6.10 Å². The van der Waals surface area contributed by atoms with E-state index in [9.17, 15) is 0 Å². The Morgan fingerprint density at radius 3 is 2.84 bits per heavy atom. The van der Waals surface area contributed by atoms with Crippen LogP contribution in [0, 0.1) is 6.92 Å². The van der Waals surface area contributed by atoms with Crippen molar-refractivity contribution >= 4 is 0 Å². The molecule has 1 aromatic rings. The van der Waals surface area contributed by atoms with E-state index in [2.05, 4.69) is 35.5 Å². The molecule has 5 nitrogen and oxygen atoms in total. The molecule has 2 heterocycles. The van der Waals surface area contributed by atoms with Crippen LogP contribution < -0.4 is 5.32 Å². The summed E-state index contributed by atoms with van der Waals surface area (Å²) in [5, 5.41) is 8.07. The second-order valence-corrected chi connectivity index (χ2v) is 5.86. The first-order valence-corrected chi connectivity index (χ1v) is 7.20. The zero-order valence-corrected chi connectivity index (χ0v) is 12.1. The number of rotatable bonds is 4. The number of nitrogens with zero attached hydrogens (tertiary/aromatic N) is 3. The summed E-state index contributed by atoms with van der Waals surface area (Å²) >= 11 is 0. The highest BCUT2D eigenvalue weighted by Crippen LogP contribution is 2.30. The van der Waals surface area contributed by atoms with Gasteiger partial charge < -0.3 is 10.1 Å². The van der Waals surface area contributed by atoms with Crippen molar-refractivity contribution in [2.24, 2.45) is 7.05 Å². The Labute approximate surface area is 114 Å². The molecule has 2 atom stereocenters. The predicted molar refractivity (Wildman–Crippen MR) is 74.1 cm³/mol. The Bertz CT molecular complexity index is 441. The Balaban J connectivity index is 1.77. The molecular weight excluding hydrogens is 240 g/mol. The van der Waals surface area contributed by atoms with E-state index >= 15 is 0 Å². The molecule has 1 saturated heterocycles. The van der Waals surface area contributed by atoms with Gasteiger partial charge >= 0.3 is 0 Å². The normalized spacial score (nSPS) is 28.8. The lowest BCUT2D eigenvalue weighted by molar-refractivity contribution is -0.0617. The topological polar surface area (TPSA) is 42.3 Å². The third-order valence-corrected chi connectivity index (χ3v) is 4.16. The molecule has 0 bridgehead atoms. The van der Waals surface area contributed by atoms with Crippen LogP contribution in [0.25, 0.3) is 0 Å². The quantitative estimate of drug-likeness (QED) is 0.875. The van der Waals surface area contributed by atoms with Crippen molar-refractivity contribution < 1.29 is 4.74 Å². The molecule has 1 N–H and O–H groups in total. The largest absolute Gasteiger partial charge is 0.374 e. The van der Waals surface area contributed by atoms with Gasteiger partial charge in [0.05, 0.1) is 24.4 Å². The fourth-order valence-corrected chi connectivity index (χ4v) is 2.95. The first kappa shape index (κ1) is 13.1. The van der Waals surface area contributed by atoms with E-state index in [1.807, 2.05) is 11.7 Å². The van der Waals surface area contributed by atoms with Gasteiger partial charge in [0.25, 0.3) is 0 Å². The van der Waals surface area contributed by atoms with Crippen molar-refractivity contribution in [3.05, 3.63) is 17.5 Å². The summed E-state index contributed by atoms with van der Waals surface area (Å²) in [6.45, 7) is 4.83. The average molecular weight is 264 g/mol. The van der Waals surface area contributed by atoms with Crippen LogP contribution in [-0.4, -0.2) is 53.6 Å². The minimum absolute atomic E-state index is 0.224. The summed E-state index contributed by atoms with van der Waals surface area (Å²) in [5.41, 5.74) is 2.41. The van der Waals surface area contributed by atoms with Gasteiger partial charge in [-0.2, -0.15) is 5.10 Å². The highest BCUT2D eigenvalue weighted by molar-refractivity contribution is 5.22. The number of likely N-dealkylation sites (N-methyl/N-ethyl adjacent to an activating group) is 1. The summed E-state index contributed by atoms with van der Waals surface area (Å²) in [7, 11) is 4.17. The van der Waals surface area contributed by atoms with Gasteiger partial charge in [-0.05, 0) is 26.8 Å². The van der Waals surface area contributed by atoms with E-state index < -0.39 is 0 Å². The summed E-state index contributed by atoms with van der Waals surface area (Å²) in [5.74, 6) is 0. The fourth-order valence-electron chi connectivity index (χ4n) is 2.95. The van der Waals surface area contributed by atoms with Crippen LogP contribution in [0.5, 0.6) is 0 Å². The number of morpholine rings is 1. The summed E-state index contributed by atoms with van der Waals surface area (Å²) in [4.78, 5) is 2.40. The van der Waals surface area contributed by atoms with Crippen molar-refractivity contribution in [2.75, 3.05) is 26.7 Å². The van der Waals surface area contributed by atoms with Crippen LogP contribution >= 0.6 is 0 Å². The lowest BCUT2D eigenvalue weighted by Crippen LogP contribution is -2.47. The van der Waals surface area contributed by atoms with E-state index in [1.165, 1.54) is 18.4 Å². The van der Waals surface area contributed by atoms with Crippen molar-refractivity contribution in [1.82, 2.24) is 20.0 Å². The Morgan fingerprint density at radius 1 is 1.42 bits per heavy atom. The van der Waals surface area contributed by atoms with Gasteiger partial charge in [-0.3, -0.25) is 9.58 Å². The van der Waals surface area contributed by atoms with Gasteiger partial charge in [-0.25, -0.2) is 0 Å². The molecule has 2 fully saturated rings. The van der Waals surface area contributed by atoms with Crippen molar-refractivity contribution in [1.29, 1.82) is 0 Å². The van der Waals surface area contributed by atoms with Crippen molar-refractivity contribution in [2.45, 2.75) is 38.0 Å². The molecule has 0 spiro atoms. The molecule has 0 radical (unpaired) electrons. The lowest BCUT2D eigenvalue weighted by Gasteiger charge is -2.39. The third-order valence-electron chi connectivity index (χ3n) is 4.16. The molecule has 1 aromatic heterocycles. The zero-order chi connectivity index (χ0) is 13.4. The Morgan fingerprint density at radius 2 is 2.21 bits per heavy atom. The molecule has 19 heavy (non-hydrogen) atoms. The van der Waals surface area contributed by atoms with Crippen LogP contribution in [0.4, 0.5) is 0 Å². The zero-order valence-electron chi connectivity index (χ0n) is 12.1. The summed E-state index contributed by atoms with van der Waals surface area (Å²) < 4.78 is 7.92. The maximum absolute atomic E-state index is 6.02. The van der Waals surface area contributed by atoms with Gasteiger partial charge in [0.15, 0.2) is 0 Å². The number of hydrogen-bond acceptors (Lipinski definition) is 4. The number of ether oxygens (including phenoxy) is 1. The monoisotopic (exact) mass is 264 g/mol. The minimum atomic E-state index is 0.224. The number of hydrogen-bond donors (Lipinski definition) is 1.